The van der Waals surface area contributed by atoms with Crippen molar-refractivity contribution >= 4 is 22.7 Å². The van der Waals surface area contributed by atoms with E-state index in [1.807, 2.05) is 21.5 Å². The molecule has 0 bridgehead atoms. The average Bonchev–Trinajstić information content (AvgIpc) is 3.36. The molecule has 0 N–H and O–H groups in total. The van der Waals surface area contributed by atoms with E-state index < -0.39 is 0 Å². The SMILES string of the molecule is CCC1Oc2cscc2OC1CC.CCCC1Oc2cscc2OC1CCC. The number of hydrogen-bond donors (Lipinski definition) is 0. The summed E-state index contributed by atoms with van der Waals surface area (Å²) in [5, 5.41) is 8.06. The zero-order chi connectivity index (χ0) is 19.9. The van der Waals surface area contributed by atoms with Crippen LogP contribution in [0.1, 0.15) is 66.2 Å². The monoisotopic (exact) mass is 424 g/mol. The molecule has 156 valence electrons. The Morgan fingerprint density at radius 1 is 0.571 bits per heavy atom. The van der Waals surface area contributed by atoms with Crippen LogP contribution in [-0.2, 0) is 0 Å². The third kappa shape index (κ3) is 4.95. The highest BCUT2D eigenvalue weighted by atomic mass is 32.1. The minimum absolute atomic E-state index is 0.229. The van der Waals surface area contributed by atoms with Gasteiger partial charge in [0.2, 0.25) is 0 Å². The molecule has 2 aromatic heterocycles. The summed E-state index contributed by atoms with van der Waals surface area (Å²) in [6.07, 6.45) is 7.43. The molecule has 2 aliphatic rings. The highest BCUT2D eigenvalue weighted by molar-refractivity contribution is 7.08. The molecule has 4 nitrogen and oxygen atoms in total. The standard InChI is InChI=1S/C12H18O2S.C10H14O2S/c1-3-5-9-10(6-4-2)14-12-8-15-7-11(12)13-9;1-3-7-8(4-2)12-10-6-13-5-9(10)11-7/h7-10H,3-6H2,1-2H3;5-8H,3-4H2,1-2H3. The summed E-state index contributed by atoms with van der Waals surface area (Å²) in [6, 6.07) is 0. The lowest BCUT2D eigenvalue weighted by Crippen LogP contribution is -2.39. The largest absolute Gasteiger partial charge is 0.482 e. The fraction of sp³-hybridized carbons (Fsp3) is 0.636. The fourth-order valence-electron chi connectivity index (χ4n) is 3.60. The Morgan fingerprint density at radius 2 is 0.893 bits per heavy atom. The van der Waals surface area contributed by atoms with Crippen molar-refractivity contribution in [1.82, 2.24) is 0 Å². The first-order valence-electron chi connectivity index (χ1n) is 10.5. The molecule has 0 spiro atoms. The lowest BCUT2D eigenvalue weighted by atomic mass is 10.0. The van der Waals surface area contributed by atoms with Crippen molar-refractivity contribution in [2.75, 3.05) is 0 Å². The zero-order valence-corrected chi connectivity index (χ0v) is 18.9. The van der Waals surface area contributed by atoms with Gasteiger partial charge in [-0.15, -0.1) is 22.7 Å². The van der Waals surface area contributed by atoms with E-state index in [4.69, 9.17) is 18.9 Å². The number of hydrogen-bond acceptors (Lipinski definition) is 6. The Kier molecular flexibility index (Phi) is 7.91. The number of fused-ring (bicyclic) bond motifs is 2. The summed E-state index contributed by atoms with van der Waals surface area (Å²) in [5.41, 5.74) is 0. The topological polar surface area (TPSA) is 36.9 Å². The predicted molar refractivity (Wildman–Crippen MR) is 117 cm³/mol. The van der Waals surface area contributed by atoms with E-state index in [1.165, 1.54) is 0 Å². The van der Waals surface area contributed by atoms with Crippen molar-refractivity contribution in [3.63, 3.8) is 0 Å². The number of ether oxygens (including phenoxy) is 4. The van der Waals surface area contributed by atoms with Crippen molar-refractivity contribution in [3.05, 3.63) is 21.5 Å². The van der Waals surface area contributed by atoms with E-state index in [1.54, 1.807) is 22.7 Å². The highest BCUT2D eigenvalue weighted by Gasteiger charge is 2.31. The van der Waals surface area contributed by atoms with E-state index in [9.17, 15) is 0 Å². The van der Waals surface area contributed by atoms with Gasteiger partial charge in [-0.2, -0.15) is 0 Å². The summed E-state index contributed by atoms with van der Waals surface area (Å²) in [6.45, 7) is 8.65. The van der Waals surface area contributed by atoms with Crippen LogP contribution >= 0.6 is 22.7 Å². The lowest BCUT2D eigenvalue weighted by molar-refractivity contribution is 0.0119. The quantitative estimate of drug-likeness (QED) is 0.503. The van der Waals surface area contributed by atoms with Gasteiger partial charge in [-0.1, -0.05) is 40.5 Å². The van der Waals surface area contributed by atoms with Crippen LogP contribution in [0.3, 0.4) is 0 Å². The van der Waals surface area contributed by atoms with Crippen LogP contribution in [0, 0.1) is 0 Å². The Balaban J connectivity index is 0.000000162. The van der Waals surface area contributed by atoms with E-state index in [0.717, 1.165) is 61.5 Å². The van der Waals surface area contributed by atoms with E-state index in [-0.39, 0.29) is 24.4 Å². The molecule has 0 saturated heterocycles. The first-order valence-corrected chi connectivity index (χ1v) is 12.4. The fourth-order valence-corrected chi connectivity index (χ4v) is 4.92. The van der Waals surface area contributed by atoms with E-state index in [0.29, 0.717) is 0 Å². The Labute approximate surface area is 176 Å². The van der Waals surface area contributed by atoms with Gasteiger partial charge in [-0.25, -0.2) is 0 Å². The van der Waals surface area contributed by atoms with Gasteiger partial charge < -0.3 is 18.9 Å². The van der Waals surface area contributed by atoms with Gasteiger partial charge >= 0.3 is 0 Å². The molecule has 28 heavy (non-hydrogen) atoms. The van der Waals surface area contributed by atoms with Gasteiger partial charge in [-0.3, -0.25) is 0 Å². The van der Waals surface area contributed by atoms with Gasteiger partial charge in [-0.05, 0) is 25.7 Å². The summed E-state index contributed by atoms with van der Waals surface area (Å²) in [4.78, 5) is 0. The normalized spacial score (nSPS) is 25.0. The van der Waals surface area contributed by atoms with Crippen molar-refractivity contribution in [1.29, 1.82) is 0 Å². The van der Waals surface area contributed by atoms with Gasteiger partial charge in [0.25, 0.3) is 0 Å². The lowest BCUT2D eigenvalue weighted by Gasteiger charge is -2.32. The van der Waals surface area contributed by atoms with Crippen LogP contribution in [0.2, 0.25) is 0 Å². The molecule has 6 heteroatoms. The molecular weight excluding hydrogens is 392 g/mol. The second kappa shape index (κ2) is 10.4. The minimum atomic E-state index is 0.229. The average molecular weight is 425 g/mol. The van der Waals surface area contributed by atoms with Gasteiger partial charge in [0.1, 0.15) is 24.4 Å². The molecule has 0 aliphatic carbocycles. The molecule has 4 heterocycles. The molecule has 4 rings (SSSR count). The molecule has 0 fully saturated rings. The second-order valence-electron chi connectivity index (χ2n) is 7.22. The van der Waals surface area contributed by atoms with Crippen molar-refractivity contribution < 1.29 is 18.9 Å². The first-order chi connectivity index (χ1) is 13.7. The summed E-state index contributed by atoms with van der Waals surface area (Å²) in [5.74, 6) is 3.71. The van der Waals surface area contributed by atoms with E-state index >= 15 is 0 Å². The Hall–Kier alpha value is -1.40. The molecule has 0 amide bonds. The molecule has 0 saturated carbocycles. The van der Waals surface area contributed by atoms with Gasteiger partial charge in [0, 0.05) is 21.5 Å². The minimum Gasteiger partial charge on any atom is -0.482 e. The molecule has 4 unspecified atom stereocenters. The maximum Gasteiger partial charge on any atom is 0.172 e. The van der Waals surface area contributed by atoms with Crippen LogP contribution in [0.25, 0.3) is 0 Å². The third-order valence-electron chi connectivity index (χ3n) is 5.08. The number of rotatable bonds is 6. The smallest absolute Gasteiger partial charge is 0.172 e. The highest BCUT2D eigenvalue weighted by Crippen LogP contribution is 2.39. The maximum atomic E-state index is 5.96. The Morgan fingerprint density at radius 3 is 1.18 bits per heavy atom. The second-order valence-corrected chi connectivity index (χ2v) is 8.71. The van der Waals surface area contributed by atoms with Crippen molar-refractivity contribution in [2.45, 2.75) is 90.6 Å². The van der Waals surface area contributed by atoms with Crippen LogP contribution in [0.5, 0.6) is 23.0 Å². The molecular formula is C22H32O4S2. The zero-order valence-electron chi connectivity index (χ0n) is 17.3. The third-order valence-corrected chi connectivity index (χ3v) is 6.48. The summed E-state index contributed by atoms with van der Waals surface area (Å²) in [7, 11) is 0. The summed E-state index contributed by atoms with van der Waals surface area (Å²) < 4.78 is 23.5. The molecule has 4 atom stereocenters. The summed E-state index contributed by atoms with van der Waals surface area (Å²) >= 11 is 3.28. The van der Waals surface area contributed by atoms with Crippen LogP contribution in [-0.4, -0.2) is 24.4 Å². The predicted octanol–water partition coefficient (Wildman–Crippen LogP) is 6.93. The van der Waals surface area contributed by atoms with Crippen molar-refractivity contribution in [3.8, 4) is 23.0 Å². The van der Waals surface area contributed by atoms with Crippen LogP contribution in [0.4, 0.5) is 0 Å². The Bertz CT molecular complexity index is 656. The van der Waals surface area contributed by atoms with Crippen molar-refractivity contribution in [2.24, 2.45) is 0 Å². The molecule has 2 aliphatic heterocycles. The van der Waals surface area contributed by atoms with Gasteiger partial charge in [0.05, 0.1) is 0 Å². The maximum absolute atomic E-state index is 5.96. The van der Waals surface area contributed by atoms with Crippen LogP contribution < -0.4 is 18.9 Å². The van der Waals surface area contributed by atoms with Gasteiger partial charge in [0.15, 0.2) is 23.0 Å². The number of thiophene rings is 2. The van der Waals surface area contributed by atoms with E-state index in [2.05, 4.69) is 27.7 Å². The van der Waals surface area contributed by atoms with Crippen LogP contribution in [0.15, 0.2) is 21.5 Å². The molecule has 2 aromatic rings. The first kappa shape index (κ1) is 21.3. The molecule has 0 radical (unpaired) electrons. The molecule has 0 aromatic carbocycles.